The first-order valence-corrected chi connectivity index (χ1v) is 7.30. The van der Waals surface area contributed by atoms with Gasteiger partial charge in [0.15, 0.2) is 6.61 Å². The summed E-state index contributed by atoms with van der Waals surface area (Å²) in [7, 11) is 1.54. The lowest BCUT2D eigenvalue weighted by atomic mass is 10.2. The van der Waals surface area contributed by atoms with Gasteiger partial charge < -0.3 is 13.9 Å². The van der Waals surface area contributed by atoms with Crippen molar-refractivity contribution in [3.8, 4) is 23.0 Å². The van der Waals surface area contributed by atoms with Crippen molar-refractivity contribution in [2.45, 2.75) is 0 Å². The molecule has 8 heteroatoms. The molecule has 0 aliphatic carbocycles. The molecule has 7 nitrogen and oxygen atoms in total. The van der Waals surface area contributed by atoms with E-state index in [1.54, 1.807) is 30.3 Å². The quantitative estimate of drug-likeness (QED) is 0.740. The number of amides is 1. The minimum Gasteiger partial charge on any atom is -0.497 e. The van der Waals surface area contributed by atoms with Crippen LogP contribution in [-0.4, -0.2) is 29.8 Å². The zero-order valence-corrected chi connectivity index (χ0v) is 13.2. The van der Waals surface area contributed by atoms with E-state index in [9.17, 15) is 9.18 Å². The van der Waals surface area contributed by atoms with Gasteiger partial charge in [0.1, 0.15) is 17.3 Å². The van der Waals surface area contributed by atoms with Gasteiger partial charge in [0.2, 0.25) is 5.89 Å². The number of halogens is 1. The number of nitrogens with one attached hydrogen (secondary N) is 1. The van der Waals surface area contributed by atoms with Crippen LogP contribution in [0.15, 0.2) is 52.9 Å². The molecule has 128 valence electrons. The van der Waals surface area contributed by atoms with E-state index >= 15 is 0 Å². The molecular formula is C17H14FN3O4. The third kappa shape index (κ3) is 4.31. The number of carbonyl (C=O) groups excluding carboxylic acids is 1. The van der Waals surface area contributed by atoms with E-state index in [0.717, 1.165) is 0 Å². The van der Waals surface area contributed by atoms with Crippen molar-refractivity contribution in [3.05, 3.63) is 54.3 Å². The molecule has 2 aromatic carbocycles. The summed E-state index contributed by atoms with van der Waals surface area (Å²) in [5.74, 6) is 0.309. The molecule has 1 aromatic heterocycles. The Morgan fingerprint density at radius 2 is 1.96 bits per heavy atom. The van der Waals surface area contributed by atoms with Gasteiger partial charge in [0, 0.05) is 11.6 Å². The number of carbonyl (C=O) groups is 1. The van der Waals surface area contributed by atoms with E-state index in [1.807, 2.05) is 0 Å². The average Bonchev–Trinajstić information content (AvgIpc) is 3.08. The van der Waals surface area contributed by atoms with Crippen LogP contribution in [0, 0.1) is 5.82 Å². The van der Waals surface area contributed by atoms with E-state index in [2.05, 4.69) is 15.5 Å². The number of nitrogens with zero attached hydrogens (tertiary/aromatic N) is 2. The second-order valence-corrected chi connectivity index (χ2v) is 4.94. The Kier molecular flexibility index (Phi) is 4.89. The van der Waals surface area contributed by atoms with Gasteiger partial charge in [-0.3, -0.25) is 10.1 Å². The Hall–Kier alpha value is -3.42. The highest BCUT2D eigenvalue weighted by atomic mass is 19.1. The van der Waals surface area contributed by atoms with Gasteiger partial charge in [-0.05, 0) is 30.3 Å². The predicted molar refractivity (Wildman–Crippen MR) is 86.8 cm³/mol. The average molecular weight is 343 g/mol. The molecule has 25 heavy (non-hydrogen) atoms. The highest BCUT2D eigenvalue weighted by Gasteiger charge is 2.12. The number of aromatic nitrogens is 2. The van der Waals surface area contributed by atoms with Crippen molar-refractivity contribution >= 4 is 11.9 Å². The summed E-state index contributed by atoms with van der Waals surface area (Å²) in [5, 5.41) is 9.88. The van der Waals surface area contributed by atoms with Gasteiger partial charge in [-0.15, -0.1) is 5.10 Å². The Balaban J connectivity index is 1.58. The topological polar surface area (TPSA) is 86.5 Å². The van der Waals surface area contributed by atoms with Crippen molar-refractivity contribution in [1.29, 1.82) is 0 Å². The van der Waals surface area contributed by atoms with Gasteiger partial charge in [0.05, 0.1) is 7.11 Å². The molecule has 0 spiro atoms. The van der Waals surface area contributed by atoms with E-state index < -0.39 is 11.7 Å². The maximum absolute atomic E-state index is 13.2. The van der Waals surface area contributed by atoms with Gasteiger partial charge >= 0.3 is 6.01 Å². The standard InChI is InChI=1S/C17H14FN3O4/c1-23-13-6-3-7-14(9-13)24-10-15(22)19-17-21-20-16(25-17)11-4-2-5-12(18)8-11/h2-9H,10H2,1H3,(H,19,21,22). The van der Waals surface area contributed by atoms with E-state index in [-0.39, 0.29) is 18.5 Å². The number of benzene rings is 2. The monoisotopic (exact) mass is 343 g/mol. The Morgan fingerprint density at radius 3 is 2.76 bits per heavy atom. The molecule has 0 bridgehead atoms. The zero-order valence-electron chi connectivity index (χ0n) is 13.2. The predicted octanol–water partition coefficient (Wildman–Crippen LogP) is 2.90. The minimum absolute atomic E-state index is 0.0986. The zero-order chi connectivity index (χ0) is 17.6. The minimum atomic E-state index is -0.475. The van der Waals surface area contributed by atoms with E-state index in [4.69, 9.17) is 13.9 Å². The number of hydrogen-bond acceptors (Lipinski definition) is 6. The molecule has 0 aliphatic heterocycles. The van der Waals surface area contributed by atoms with Crippen LogP contribution in [0.5, 0.6) is 11.5 Å². The second-order valence-electron chi connectivity index (χ2n) is 4.94. The molecule has 0 unspecified atom stereocenters. The van der Waals surface area contributed by atoms with Crippen LogP contribution in [-0.2, 0) is 4.79 Å². The molecule has 0 aliphatic rings. The van der Waals surface area contributed by atoms with Gasteiger partial charge in [-0.2, -0.15) is 0 Å². The number of anilines is 1. The fourth-order valence-electron chi connectivity index (χ4n) is 2.01. The Bertz CT molecular complexity index is 882. The summed E-state index contributed by atoms with van der Waals surface area (Å²) >= 11 is 0. The van der Waals surface area contributed by atoms with Crippen LogP contribution in [0.25, 0.3) is 11.5 Å². The van der Waals surface area contributed by atoms with Crippen molar-refractivity contribution in [1.82, 2.24) is 10.2 Å². The number of rotatable bonds is 6. The summed E-state index contributed by atoms with van der Waals surface area (Å²) < 4.78 is 28.9. The Morgan fingerprint density at radius 1 is 1.16 bits per heavy atom. The molecule has 0 atom stereocenters. The normalized spacial score (nSPS) is 10.3. The lowest BCUT2D eigenvalue weighted by molar-refractivity contribution is -0.118. The van der Waals surface area contributed by atoms with Gasteiger partial charge in [0.25, 0.3) is 5.91 Å². The fraction of sp³-hybridized carbons (Fsp3) is 0.118. The summed E-state index contributed by atoms with van der Waals surface area (Å²) in [6.07, 6.45) is 0. The molecular weight excluding hydrogens is 329 g/mol. The van der Waals surface area contributed by atoms with Crippen LogP contribution in [0.3, 0.4) is 0 Å². The molecule has 1 heterocycles. The third-order valence-corrected chi connectivity index (χ3v) is 3.15. The van der Waals surface area contributed by atoms with Crippen molar-refractivity contribution in [2.75, 3.05) is 19.0 Å². The first-order valence-electron chi connectivity index (χ1n) is 7.30. The highest BCUT2D eigenvalue weighted by molar-refractivity contribution is 5.89. The smallest absolute Gasteiger partial charge is 0.322 e. The molecule has 3 rings (SSSR count). The summed E-state index contributed by atoms with van der Waals surface area (Å²) in [4.78, 5) is 11.9. The summed E-state index contributed by atoms with van der Waals surface area (Å²) in [6, 6.07) is 12.5. The van der Waals surface area contributed by atoms with Crippen LogP contribution in [0.4, 0.5) is 10.4 Å². The van der Waals surface area contributed by atoms with Crippen LogP contribution >= 0.6 is 0 Å². The number of methoxy groups -OCH3 is 1. The first-order chi connectivity index (χ1) is 12.1. The molecule has 1 amide bonds. The van der Waals surface area contributed by atoms with Crippen molar-refractivity contribution in [2.24, 2.45) is 0 Å². The van der Waals surface area contributed by atoms with Crippen molar-refractivity contribution < 1.29 is 23.1 Å². The van der Waals surface area contributed by atoms with E-state index in [1.165, 1.54) is 25.3 Å². The summed E-state index contributed by atoms with van der Waals surface area (Å²) in [5.41, 5.74) is 0.417. The lowest BCUT2D eigenvalue weighted by Gasteiger charge is -2.06. The molecule has 0 radical (unpaired) electrons. The number of ether oxygens (including phenoxy) is 2. The molecule has 0 fully saturated rings. The lowest BCUT2D eigenvalue weighted by Crippen LogP contribution is -2.20. The molecule has 0 saturated heterocycles. The van der Waals surface area contributed by atoms with Crippen LogP contribution in [0.2, 0.25) is 0 Å². The fourth-order valence-corrected chi connectivity index (χ4v) is 2.01. The largest absolute Gasteiger partial charge is 0.497 e. The maximum atomic E-state index is 13.2. The van der Waals surface area contributed by atoms with E-state index in [0.29, 0.717) is 17.1 Å². The first kappa shape index (κ1) is 16.4. The van der Waals surface area contributed by atoms with Gasteiger partial charge in [-0.25, -0.2) is 4.39 Å². The number of hydrogen-bond donors (Lipinski definition) is 1. The van der Waals surface area contributed by atoms with Crippen molar-refractivity contribution in [3.63, 3.8) is 0 Å². The highest BCUT2D eigenvalue weighted by Crippen LogP contribution is 2.21. The molecule has 0 saturated carbocycles. The molecule has 1 N–H and O–H groups in total. The van der Waals surface area contributed by atoms with Gasteiger partial charge in [-0.1, -0.05) is 17.2 Å². The van der Waals surface area contributed by atoms with Crippen LogP contribution < -0.4 is 14.8 Å². The second kappa shape index (κ2) is 7.43. The molecule has 3 aromatic rings. The Labute approximate surface area is 142 Å². The van der Waals surface area contributed by atoms with Crippen LogP contribution in [0.1, 0.15) is 0 Å². The summed E-state index contributed by atoms with van der Waals surface area (Å²) in [6.45, 7) is -0.245. The SMILES string of the molecule is COc1cccc(OCC(=O)Nc2nnc(-c3cccc(F)c3)o2)c1. The maximum Gasteiger partial charge on any atom is 0.322 e. The third-order valence-electron chi connectivity index (χ3n) is 3.15.